The van der Waals surface area contributed by atoms with E-state index in [2.05, 4.69) is 17.1 Å². The van der Waals surface area contributed by atoms with Gasteiger partial charge in [0.2, 0.25) is 0 Å². The van der Waals surface area contributed by atoms with E-state index in [1.165, 1.54) is 142 Å². The van der Waals surface area contributed by atoms with Crippen LogP contribution in [0.3, 0.4) is 0 Å². The Morgan fingerprint density at radius 3 is 1.48 bits per heavy atom. The minimum Gasteiger partial charge on any atom is -0.317 e. The van der Waals surface area contributed by atoms with Gasteiger partial charge in [-0.25, -0.2) is 0 Å². The minimum atomic E-state index is 1.22. The molecule has 1 aliphatic heterocycles. The summed E-state index contributed by atoms with van der Waals surface area (Å²) in [5.74, 6) is 0. The second-order valence-corrected chi connectivity index (χ2v) is 8.25. The van der Waals surface area contributed by atoms with E-state index < -0.39 is 0 Å². The molecule has 0 aromatic carbocycles. The van der Waals surface area contributed by atoms with Crippen LogP contribution in [0.4, 0.5) is 0 Å². The Kier molecular flexibility index (Phi) is 17.2. The molecule has 0 aromatic heterocycles. The molecule has 0 aliphatic carbocycles. The summed E-state index contributed by atoms with van der Waals surface area (Å²) in [4.78, 5) is 2.77. The lowest BCUT2D eigenvalue weighted by Gasteiger charge is -2.22. The smallest absolute Gasteiger partial charge is 0.00183 e. The highest BCUT2D eigenvalue weighted by molar-refractivity contribution is 4.61. The van der Waals surface area contributed by atoms with Gasteiger partial charge in [0.15, 0.2) is 0 Å². The SMILES string of the molecule is CCCCCNCCCCN1CCCCCCCCCCCCCC1. The lowest BCUT2D eigenvalue weighted by molar-refractivity contribution is 0.255. The van der Waals surface area contributed by atoms with Crippen LogP contribution in [0.15, 0.2) is 0 Å². The molecule has 2 nitrogen and oxygen atoms in total. The van der Waals surface area contributed by atoms with E-state index in [0.717, 1.165) is 0 Å². The normalized spacial score (nSPS) is 20.0. The molecule has 0 saturated carbocycles. The van der Waals surface area contributed by atoms with E-state index in [4.69, 9.17) is 0 Å². The molecule has 0 radical (unpaired) electrons. The van der Waals surface area contributed by atoms with Crippen LogP contribution in [0.5, 0.6) is 0 Å². The van der Waals surface area contributed by atoms with Crippen molar-refractivity contribution in [1.29, 1.82) is 0 Å². The first-order valence-electron chi connectivity index (χ1n) is 11.9. The van der Waals surface area contributed by atoms with Gasteiger partial charge in [-0.05, 0) is 64.8 Å². The highest BCUT2D eigenvalue weighted by Crippen LogP contribution is 2.14. The maximum absolute atomic E-state index is 3.61. The van der Waals surface area contributed by atoms with Crippen LogP contribution in [-0.2, 0) is 0 Å². The summed E-state index contributed by atoms with van der Waals surface area (Å²) in [7, 11) is 0. The van der Waals surface area contributed by atoms with E-state index in [0.29, 0.717) is 0 Å². The summed E-state index contributed by atoms with van der Waals surface area (Å²) < 4.78 is 0. The van der Waals surface area contributed by atoms with E-state index in [-0.39, 0.29) is 0 Å². The number of hydrogen-bond donors (Lipinski definition) is 1. The minimum absolute atomic E-state index is 1.22. The molecule has 150 valence electrons. The van der Waals surface area contributed by atoms with Crippen molar-refractivity contribution in [3.8, 4) is 0 Å². The fourth-order valence-electron chi connectivity index (χ4n) is 3.98. The van der Waals surface area contributed by atoms with Crippen LogP contribution in [0.25, 0.3) is 0 Å². The zero-order chi connectivity index (χ0) is 17.8. The quantitative estimate of drug-likeness (QED) is 0.474. The zero-order valence-corrected chi connectivity index (χ0v) is 17.5. The van der Waals surface area contributed by atoms with Crippen molar-refractivity contribution in [2.24, 2.45) is 0 Å². The average Bonchev–Trinajstić information content (AvgIpc) is 2.63. The van der Waals surface area contributed by atoms with Crippen molar-refractivity contribution < 1.29 is 0 Å². The molecule has 1 saturated heterocycles. The van der Waals surface area contributed by atoms with Crippen LogP contribution in [0.2, 0.25) is 0 Å². The fourth-order valence-corrected chi connectivity index (χ4v) is 3.98. The van der Waals surface area contributed by atoms with Crippen molar-refractivity contribution in [2.75, 3.05) is 32.7 Å². The van der Waals surface area contributed by atoms with Crippen molar-refractivity contribution in [3.05, 3.63) is 0 Å². The van der Waals surface area contributed by atoms with Gasteiger partial charge < -0.3 is 10.2 Å². The highest BCUT2D eigenvalue weighted by Gasteiger charge is 2.05. The number of rotatable bonds is 9. The first-order chi connectivity index (χ1) is 12.4. The van der Waals surface area contributed by atoms with Gasteiger partial charge in [-0.2, -0.15) is 0 Å². The molecule has 0 amide bonds. The molecule has 1 aliphatic rings. The van der Waals surface area contributed by atoms with Gasteiger partial charge in [0.1, 0.15) is 0 Å². The zero-order valence-electron chi connectivity index (χ0n) is 17.5. The van der Waals surface area contributed by atoms with Crippen molar-refractivity contribution >= 4 is 0 Å². The predicted molar refractivity (Wildman–Crippen MR) is 113 cm³/mol. The van der Waals surface area contributed by atoms with Crippen LogP contribution in [0.1, 0.15) is 116 Å². The van der Waals surface area contributed by atoms with Gasteiger partial charge in [0.05, 0.1) is 0 Å². The van der Waals surface area contributed by atoms with Crippen LogP contribution in [-0.4, -0.2) is 37.6 Å². The summed E-state index contributed by atoms with van der Waals surface area (Å²) in [6.07, 6.45) is 24.4. The highest BCUT2D eigenvalue weighted by atomic mass is 15.1. The molecule has 1 heterocycles. The molecule has 0 atom stereocenters. The third kappa shape index (κ3) is 15.9. The Morgan fingerprint density at radius 2 is 1.00 bits per heavy atom. The average molecular weight is 353 g/mol. The van der Waals surface area contributed by atoms with Gasteiger partial charge in [0.25, 0.3) is 0 Å². The summed E-state index contributed by atoms with van der Waals surface area (Å²) in [6, 6.07) is 0. The molecule has 1 fully saturated rings. The first kappa shape index (κ1) is 23.0. The lowest BCUT2D eigenvalue weighted by atomic mass is 10.1. The van der Waals surface area contributed by atoms with E-state index in [1.807, 2.05) is 0 Å². The monoisotopic (exact) mass is 352 g/mol. The third-order valence-corrected chi connectivity index (χ3v) is 5.73. The molecule has 0 aromatic rings. The van der Waals surface area contributed by atoms with Gasteiger partial charge in [-0.1, -0.05) is 84.0 Å². The maximum Gasteiger partial charge on any atom is -0.00183 e. The van der Waals surface area contributed by atoms with Crippen LogP contribution >= 0.6 is 0 Å². The Balaban J connectivity index is 2.10. The van der Waals surface area contributed by atoms with Crippen molar-refractivity contribution in [1.82, 2.24) is 10.2 Å². The van der Waals surface area contributed by atoms with Gasteiger partial charge >= 0.3 is 0 Å². The topological polar surface area (TPSA) is 15.3 Å². The molecule has 0 bridgehead atoms. The van der Waals surface area contributed by atoms with E-state index >= 15 is 0 Å². The third-order valence-electron chi connectivity index (χ3n) is 5.73. The number of hydrogen-bond acceptors (Lipinski definition) is 2. The van der Waals surface area contributed by atoms with Crippen molar-refractivity contribution in [3.63, 3.8) is 0 Å². The number of nitrogens with one attached hydrogen (secondary N) is 1. The second kappa shape index (κ2) is 18.7. The Labute approximate surface area is 159 Å². The van der Waals surface area contributed by atoms with Gasteiger partial charge in [-0.15, -0.1) is 0 Å². The van der Waals surface area contributed by atoms with Gasteiger partial charge in [-0.3, -0.25) is 0 Å². The molecule has 2 heteroatoms. The van der Waals surface area contributed by atoms with Gasteiger partial charge in [0, 0.05) is 0 Å². The second-order valence-electron chi connectivity index (χ2n) is 8.25. The van der Waals surface area contributed by atoms with Crippen molar-refractivity contribution in [2.45, 2.75) is 116 Å². The van der Waals surface area contributed by atoms with Crippen LogP contribution in [0, 0.1) is 0 Å². The number of nitrogens with zero attached hydrogens (tertiary/aromatic N) is 1. The summed E-state index contributed by atoms with van der Waals surface area (Å²) in [6.45, 7) is 8.75. The molecule has 1 N–H and O–H groups in total. The number of unbranched alkanes of at least 4 members (excludes halogenated alkanes) is 3. The largest absolute Gasteiger partial charge is 0.317 e. The molecule has 0 unspecified atom stereocenters. The fraction of sp³-hybridized carbons (Fsp3) is 1.00. The standard InChI is InChI=1S/C23H48N2/c1-2-3-14-19-24-20-15-18-23-25-21-16-12-10-8-6-4-5-7-9-11-13-17-22-25/h24H,2-23H2,1H3. The van der Waals surface area contributed by atoms with Crippen LogP contribution < -0.4 is 5.32 Å². The first-order valence-corrected chi connectivity index (χ1v) is 11.9. The maximum atomic E-state index is 3.61. The van der Waals surface area contributed by atoms with E-state index in [1.54, 1.807) is 0 Å². The Morgan fingerprint density at radius 1 is 0.560 bits per heavy atom. The summed E-state index contributed by atoms with van der Waals surface area (Å²) in [5.41, 5.74) is 0. The lowest BCUT2D eigenvalue weighted by Crippen LogP contribution is -2.28. The Bertz CT molecular complexity index is 238. The van der Waals surface area contributed by atoms with E-state index in [9.17, 15) is 0 Å². The molecule has 1 rings (SSSR count). The summed E-state index contributed by atoms with van der Waals surface area (Å²) >= 11 is 0. The molecular formula is C23H48N2. The molecule has 0 spiro atoms. The Hall–Kier alpha value is -0.0800. The molecule has 25 heavy (non-hydrogen) atoms. The molecular weight excluding hydrogens is 304 g/mol. The predicted octanol–water partition coefficient (Wildman–Crippen LogP) is 6.54. The summed E-state index contributed by atoms with van der Waals surface area (Å²) in [5, 5.41) is 3.61.